The minimum Gasteiger partial charge on any atom is -0.445 e. The highest BCUT2D eigenvalue weighted by Gasteiger charge is 2.59. The van der Waals surface area contributed by atoms with Crippen molar-refractivity contribution in [3.63, 3.8) is 0 Å². The highest BCUT2D eigenvalue weighted by atomic mass is 28.4. The zero-order valence-corrected chi connectivity index (χ0v) is 68.5. The van der Waals surface area contributed by atoms with Crippen LogP contribution in [0.25, 0.3) is 0 Å². The van der Waals surface area contributed by atoms with Crippen LogP contribution >= 0.6 is 0 Å². The Morgan fingerprint density at radius 1 is 0.455 bits per heavy atom. The van der Waals surface area contributed by atoms with Crippen LogP contribution in [0.5, 0.6) is 0 Å². The summed E-state index contributed by atoms with van der Waals surface area (Å²) < 4.78 is 138. The molecule has 121 heavy (non-hydrogen) atoms. The van der Waals surface area contributed by atoms with Gasteiger partial charge in [-0.05, 0) is 83.0 Å². The molecule has 0 radical (unpaired) electrons. The smallest absolute Gasteiger partial charge is 0.416 e. The van der Waals surface area contributed by atoms with E-state index < -0.39 is 191 Å². The molecule has 5 amide bonds. The number of alkyl carbamates (subject to hydrolysis) is 5. The predicted octanol–water partition coefficient (Wildman–Crippen LogP) is 9.64. The Morgan fingerprint density at radius 3 is 1.40 bits per heavy atom. The molecule has 7 aromatic rings. The number of carbonyl (C=O) groups excluding carboxylic acids is 5. The molecule has 34 heteroatoms. The zero-order chi connectivity index (χ0) is 85.6. The van der Waals surface area contributed by atoms with Gasteiger partial charge in [-0.2, -0.15) is 13.2 Å². The second-order valence-corrected chi connectivity index (χ2v) is 36.2. The van der Waals surface area contributed by atoms with Gasteiger partial charge in [0.15, 0.2) is 33.5 Å². The Bertz CT molecular complexity index is 4380. The number of rotatable bonds is 33. The maximum Gasteiger partial charge on any atom is 0.416 e. The van der Waals surface area contributed by atoms with Crippen molar-refractivity contribution in [3.8, 4) is 0 Å². The van der Waals surface area contributed by atoms with E-state index in [1.807, 2.05) is 33.9 Å². The third kappa shape index (κ3) is 25.5. The lowest BCUT2D eigenvalue weighted by Crippen LogP contribution is -2.71. The maximum absolute atomic E-state index is 14.7. The van der Waals surface area contributed by atoms with E-state index in [9.17, 15) is 57.6 Å². The summed E-state index contributed by atoms with van der Waals surface area (Å²) in [7, 11) is -2.88. The summed E-state index contributed by atoms with van der Waals surface area (Å²) in [4.78, 5) is 71.1. The molecule has 652 valence electrons. The Hall–Kier alpha value is -9.70. The molecule has 5 aliphatic rings. The quantitative estimate of drug-likeness (QED) is 0.0104. The second kappa shape index (κ2) is 42.9. The number of hydrogen-bond acceptors (Lipinski definition) is 25. The molecule has 20 atom stereocenters. The molecule has 1 saturated carbocycles. The van der Waals surface area contributed by atoms with Gasteiger partial charge < -0.3 is 123 Å². The van der Waals surface area contributed by atoms with E-state index in [0.29, 0.717) is 38.9 Å². The molecule has 4 heterocycles. The lowest BCUT2D eigenvalue weighted by molar-refractivity contribution is -0.358. The van der Waals surface area contributed by atoms with Crippen LogP contribution in [0.1, 0.15) is 78.0 Å². The molecule has 4 saturated heterocycles. The summed E-state index contributed by atoms with van der Waals surface area (Å²) in [5, 5.41) is 67.2. The fraction of sp³-hybridized carbons (Fsp3) is 0.460. The van der Waals surface area contributed by atoms with Crippen molar-refractivity contribution in [1.29, 1.82) is 0 Å². The fourth-order valence-electron chi connectivity index (χ4n) is 14.2. The van der Waals surface area contributed by atoms with Gasteiger partial charge in [0.05, 0.1) is 37.5 Å². The van der Waals surface area contributed by atoms with E-state index in [4.69, 9.17) is 70.7 Å². The number of aliphatic hydroxyl groups excluding tert-OH is 4. The molecule has 7 aromatic carbocycles. The van der Waals surface area contributed by atoms with Crippen LogP contribution in [0.2, 0.25) is 18.1 Å². The zero-order valence-electron chi connectivity index (χ0n) is 67.5. The highest BCUT2D eigenvalue weighted by molar-refractivity contribution is 6.74. The first kappa shape index (κ1) is 90.5. The van der Waals surface area contributed by atoms with E-state index in [1.54, 1.807) is 182 Å². The summed E-state index contributed by atoms with van der Waals surface area (Å²) in [6, 6.07) is 51.0. The molecule has 30 nitrogen and oxygen atoms in total. The largest absolute Gasteiger partial charge is 0.445 e. The van der Waals surface area contributed by atoms with E-state index in [-0.39, 0.29) is 72.4 Å². The molecule has 12 rings (SSSR count). The van der Waals surface area contributed by atoms with Crippen molar-refractivity contribution in [2.45, 2.75) is 214 Å². The molecular formula is C87H105F3N6O24Si. The third-order valence-electron chi connectivity index (χ3n) is 21.8. The minimum absolute atomic E-state index is 0.00919. The summed E-state index contributed by atoms with van der Waals surface area (Å²) in [6.07, 6.45) is -36.2. The number of benzene rings is 7. The third-order valence-corrected chi connectivity index (χ3v) is 26.3. The molecule has 0 bridgehead atoms. The summed E-state index contributed by atoms with van der Waals surface area (Å²) >= 11 is 0. The van der Waals surface area contributed by atoms with Crippen LogP contribution in [0, 0.1) is 0 Å². The van der Waals surface area contributed by atoms with Crippen LogP contribution in [0.3, 0.4) is 0 Å². The van der Waals surface area contributed by atoms with Crippen molar-refractivity contribution in [2.24, 2.45) is 0 Å². The van der Waals surface area contributed by atoms with Crippen molar-refractivity contribution in [1.82, 2.24) is 31.9 Å². The first-order valence-corrected chi connectivity index (χ1v) is 43.0. The Kier molecular flexibility index (Phi) is 32.1. The van der Waals surface area contributed by atoms with E-state index >= 15 is 0 Å². The highest BCUT2D eigenvalue weighted by Crippen LogP contribution is 2.42. The number of aliphatic hydroxyl groups is 4. The van der Waals surface area contributed by atoms with Crippen molar-refractivity contribution < 1.29 is 128 Å². The average molecular weight is 1700 g/mol. The van der Waals surface area contributed by atoms with Gasteiger partial charge in [-0.1, -0.05) is 215 Å². The average Bonchev–Trinajstić information content (AvgIpc) is 1.75. The second-order valence-electron chi connectivity index (χ2n) is 31.4. The molecule has 0 spiro atoms. The minimum atomic E-state index is -4.57. The summed E-state index contributed by atoms with van der Waals surface area (Å²) in [5.74, 6) is 0. The van der Waals surface area contributed by atoms with Gasteiger partial charge in [0.1, 0.15) is 118 Å². The lowest BCUT2D eigenvalue weighted by atomic mass is 9.83. The van der Waals surface area contributed by atoms with Crippen LogP contribution < -0.4 is 31.9 Å². The molecule has 0 aromatic heterocycles. The summed E-state index contributed by atoms with van der Waals surface area (Å²) in [5.41, 5.74) is 3.41. The number of carbonyl (C=O) groups is 5. The number of halogens is 3. The van der Waals surface area contributed by atoms with Crippen LogP contribution in [0.4, 0.5) is 37.1 Å². The van der Waals surface area contributed by atoms with E-state index in [2.05, 4.69) is 31.9 Å². The Labute approximate surface area is 699 Å². The lowest BCUT2D eigenvalue weighted by Gasteiger charge is -2.51. The van der Waals surface area contributed by atoms with E-state index in [1.165, 1.54) is 12.1 Å². The number of fused-ring (bicyclic) bond motifs is 1. The van der Waals surface area contributed by atoms with Crippen LogP contribution in [-0.2, 0) is 116 Å². The van der Waals surface area contributed by atoms with Gasteiger partial charge in [-0.25, -0.2) is 24.0 Å². The first-order valence-electron chi connectivity index (χ1n) is 40.1. The molecule has 10 N–H and O–H groups in total. The monoisotopic (exact) mass is 1700 g/mol. The maximum atomic E-state index is 14.7. The standard InChI is InChI=1S/C87H105F3N6O24Si/c1-86(2,3)121(4,5)113-52-65-74(119-78-66(95-84(104)111-49-57-30-18-9-19-31-57)70(99)69(98)63(114-78)45-92-81(101)108-46-54-24-12-6-13-25-54)76(106-43-42-91-41-40-53-36-38-60(39-37-53)87(88,89)90)80(116-65)120-75-68(97)61(93-82(102)109-47-55-26-14-7-15-27-55)44-62(94-83(103)110-48-56-28-16-8-17-29-56)72(75)117-79-67(96-85(105)112-50-58-32-20-10-21-33-58)71(100)73-64(115-79)51-107-77(118-73)59-34-22-11-23-35-59/h6-39,61-80,91,97-100H,40-52H2,1-5H3,(H,92,101)(H,93,102)(H,94,103)(H,95,104)(H,96,105)/t61-,62+,63+,64-,65-,66-,67-,68+,69-,70-,71-,72-,73-,74-,75-,76-,77?,78-,79-,80+/m1/s1. The normalized spacial score (nSPS) is 27.3. The van der Waals surface area contributed by atoms with Gasteiger partial charge in [-0.3, -0.25) is 0 Å². The van der Waals surface area contributed by atoms with Crippen molar-refractivity contribution >= 4 is 38.8 Å². The van der Waals surface area contributed by atoms with Gasteiger partial charge >= 0.3 is 36.6 Å². The van der Waals surface area contributed by atoms with Crippen LogP contribution in [-0.4, -0.2) is 215 Å². The number of alkyl halides is 3. The Balaban J connectivity index is 0.937. The number of hydrogen-bond donors (Lipinski definition) is 10. The van der Waals surface area contributed by atoms with Crippen molar-refractivity contribution in [2.75, 3.05) is 39.5 Å². The SMILES string of the molecule is CC(C)(C)[Si](C)(C)OC[C@H]1O[C@@H](O[C@@H]2[C@@H](O)[C@H](NC(=O)OCc3ccccc3)C[C@H](NC(=O)OCc3ccccc3)[C@H]2O[C@H]2O[C@@H]3COC(c4ccccc4)O[C@H]3[C@H](O)[C@H]2NC(=O)OCc2ccccc2)[C@H](OCCNCCc2ccc(C(F)(F)F)cc2)[C@@H]1O[C@H]1O[C@@H](CNC(=O)OCc2ccccc2)[C@@H](O)[C@H](O)[C@H]1NC(=O)OCc1ccccc1. The van der Waals surface area contributed by atoms with Gasteiger partial charge in [0, 0.05) is 18.7 Å². The molecular weight excluding hydrogens is 1600 g/mol. The molecule has 4 aliphatic heterocycles. The molecule has 1 aliphatic carbocycles. The van der Waals surface area contributed by atoms with E-state index in [0.717, 1.165) is 12.1 Å². The molecule has 1 unspecified atom stereocenters. The van der Waals surface area contributed by atoms with Crippen LogP contribution in [0.15, 0.2) is 206 Å². The van der Waals surface area contributed by atoms with Gasteiger partial charge in [0.25, 0.3) is 0 Å². The van der Waals surface area contributed by atoms with Crippen molar-refractivity contribution in [3.05, 3.63) is 251 Å². The summed E-state index contributed by atoms with van der Waals surface area (Å²) in [6.45, 7) is 7.70. The number of amides is 5. The number of ether oxygens (including phenoxy) is 14. The topological polar surface area (TPSA) is 377 Å². The fourth-order valence-corrected chi connectivity index (χ4v) is 15.2. The Morgan fingerprint density at radius 2 is 0.901 bits per heavy atom. The van der Waals surface area contributed by atoms with Gasteiger partial charge in [-0.15, -0.1) is 0 Å². The predicted molar refractivity (Wildman–Crippen MR) is 429 cm³/mol. The first-order chi connectivity index (χ1) is 58.2. The molecule has 5 fully saturated rings. The van der Waals surface area contributed by atoms with Gasteiger partial charge in [0.2, 0.25) is 0 Å². The number of nitrogens with one attached hydrogen (secondary N) is 6.